The Labute approximate surface area is 81.3 Å². The molecular weight excluding hydrogens is 180 g/mol. The monoisotopic (exact) mass is 195 g/mol. The van der Waals surface area contributed by atoms with Gasteiger partial charge in [0.1, 0.15) is 0 Å². The highest BCUT2D eigenvalue weighted by molar-refractivity contribution is 6.43. The minimum atomic E-state index is -1.09. The fourth-order valence-corrected chi connectivity index (χ4v) is 2.23. The van der Waals surface area contributed by atoms with Gasteiger partial charge < -0.3 is 8.85 Å². The Balaban J connectivity index is 2.62. The van der Waals surface area contributed by atoms with Crippen molar-refractivity contribution in [3.63, 3.8) is 0 Å². The van der Waals surface area contributed by atoms with E-state index in [4.69, 9.17) is 8.85 Å². The molecular formula is C10H15O2Si. The lowest BCUT2D eigenvalue weighted by Gasteiger charge is -2.09. The molecule has 0 heterocycles. The fraction of sp³-hybridized carbons (Fsp3) is 0.400. The Hall–Kier alpha value is -0.643. The summed E-state index contributed by atoms with van der Waals surface area (Å²) in [6.45, 7) is 2.09. The van der Waals surface area contributed by atoms with Crippen LogP contribution in [0.4, 0.5) is 0 Å². The van der Waals surface area contributed by atoms with Gasteiger partial charge in [-0.1, -0.05) is 29.8 Å². The van der Waals surface area contributed by atoms with Crippen LogP contribution in [0.2, 0.25) is 0 Å². The summed E-state index contributed by atoms with van der Waals surface area (Å²) in [4.78, 5) is 0. The molecule has 0 unspecified atom stereocenters. The molecule has 3 heteroatoms. The van der Waals surface area contributed by atoms with Gasteiger partial charge in [-0.25, -0.2) is 0 Å². The molecule has 0 N–H and O–H groups in total. The summed E-state index contributed by atoms with van der Waals surface area (Å²) in [6.07, 6.45) is 0. The van der Waals surface area contributed by atoms with E-state index in [1.165, 1.54) is 11.1 Å². The van der Waals surface area contributed by atoms with Gasteiger partial charge in [0.15, 0.2) is 0 Å². The van der Waals surface area contributed by atoms with Crippen molar-refractivity contribution in [3.8, 4) is 0 Å². The average Bonchev–Trinajstić information content (AvgIpc) is 2.14. The van der Waals surface area contributed by atoms with E-state index in [-0.39, 0.29) is 0 Å². The molecule has 0 bridgehead atoms. The van der Waals surface area contributed by atoms with Crippen LogP contribution in [-0.4, -0.2) is 23.5 Å². The van der Waals surface area contributed by atoms with E-state index in [2.05, 4.69) is 31.2 Å². The molecule has 0 aromatic heterocycles. The van der Waals surface area contributed by atoms with Crippen molar-refractivity contribution >= 4 is 9.28 Å². The fourth-order valence-electron chi connectivity index (χ4n) is 1.22. The molecule has 71 valence electrons. The van der Waals surface area contributed by atoms with Gasteiger partial charge in [-0.3, -0.25) is 0 Å². The Morgan fingerprint density at radius 3 is 2.46 bits per heavy atom. The minimum absolute atomic E-state index is 0.902. The molecule has 0 amide bonds. The highest BCUT2D eigenvalue weighted by Crippen LogP contribution is 2.06. The topological polar surface area (TPSA) is 18.5 Å². The van der Waals surface area contributed by atoms with Gasteiger partial charge in [0.25, 0.3) is 0 Å². The van der Waals surface area contributed by atoms with Crippen LogP contribution in [0.1, 0.15) is 11.1 Å². The number of hydrogen-bond donors (Lipinski definition) is 0. The van der Waals surface area contributed by atoms with Crippen molar-refractivity contribution in [1.29, 1.82) is 0 Å². The summed E-state index contributed by atoms with van der Waals surface area (Å²) in [6, 6.07) is 9.34. The predicted molar refractivity (Wildman–Crippen MR) is 54.7 cm³/mol. The molecule has 0 atom stereocenters. The molecule has 1 radical (unpaired) electrons. The van der Waals surface area contributed by atoms with Gasteiger partial charge in [-0.2, -0.15) is 0 Å². The molecule has 2 nitrogen and oxygen atoms in total. The van der Waals surface area contributed by atoms with Crippen molar-refractivity contribution in [3.05, 3.63) is 35.4 Å². The van der Waals surface area contributed by atoms with Gasteiger partial charge >= 0.3 is 9.28 Å². The number of benzene rings is 1. The van der Waals surface area contributed by atoms with Crippen molar-refractivity contribution in [2.24, 2.45) is 0 Å². The summed E-state index contributed by atoms with van der Waals surface area (Å²) in [7, 11) is 2.31. The van der Waals surface area contributed by atoms with Crippen molar-refractivity contribution < 1.29 is 8.85 Å². The Morgan fingerprint density at radius 2 is 1.92 bits per heavy atom. The second kappa shape index (κ2) is 5.17. The zero-order chi connectivity index (χ0) is 9.68. The first-order chi connectivity index (χ1) is 6.26. The van der Waals surface area contributed by atoms with E-state index in [1.807, 2.05) is 0 Å². The molecule has 1 aromatic carbocycles. The lowest BCUT2D eigenvalue weighted by molar-refractivity contribution is 0.277. The smallest absolute Gasteiger partial charge is 0.388 e. The van der Waals surface area contributed by atoms with Gasteiger partial charge in [-0.05, 0) is 12.5 Å². The largest absolute Gasteiger partial charge is 0.397 e. The van der Waals surface area contributed by atoms with Crippen molar-refractivity contribution in [2.45, 2.75) is 13.0 Å². The second-order valence-electron chi connectivity index (χ2n) is 2.95. The third-order valence-electron chi connectivity index (χ3n) is 1.89. The Bertz CT molecular complexity index is 259. The minimum Gasteiger partial charge on any atom is -0.397 e. The van der Waals surface area contributed by atoms with E-state index >= 15 is 0 Å². The molecule has 0 fully saturated rings. The highest BCUT2D eigenvalue weighted by Gasteiger charge is 2.12. The summed E-state index contributed by atoms with van der Waals surface area (Å²) in [5.41, 5.74) is 2.57. The van der Waals surface area contributed by atoms with Crippen LogP contribution >= 0.6 is 0 Å². The first kappa shape index (κ1) is 10.4. The second-order valence-corrected chi connectivity index (χ2v) is 4.86. The van der Waals surface area contributed by atoms with E-state index in [9.17, 15) is 0 Å². The first-order valence-electron chi connectivity index (χ1n) is 4.25. The summed E-state index contributed by atoms with van der Waals surface area (Å²) in [5, 5.41) is 0. The molecule has 0 aliphatic carbocycles. The van der Waals surface area contributed by atoms with Gasteiger partial charge in [0.2, 0.25) is 0 Å². The van der Waals surface area contributed by atoms with Crippen LogP contribution in [0.15, 0.2) is 24.3 Å². The van der Waals surface area contributed by atoms with Crippen LogP contribution in [0.25, 0.3) is 0 Å². The summed E-state index contributed by atoms with van der Waals surface area (Å²) in [5.74, 6) is 0. The van der Waals surface area contributed by atoms with Crippen LogP contribution in [0.3, 0.4) is 0 Å². The average molecular weight is 195 g/mol. The van der Waals surface area contributed by atoms with E-state index in [1.54, 1.807) is 14.2 Å². The molecule has 0 aliphatic rings. The van der Waals surface area contributed by atoms with Crippen LogP contribution in [0, 0.1) is 6.92 Å². The standard InChI is InChI=1S/C10H15O2Si/c1-9-5-4-6-10(7-9)8-13(11-2)12-3/h4-7H,8H2,1-3H3. The maximum atomic E-state index is 5.22. The number of rotatable bonds is 4. The Morgan fingerprint density at radius 1 is 1.23 bits per heavy atom. The summed E-state index contributed by atoms with van der Waals surface area (Å²) < 4.78 is 10.4. The molecule has 0 aliphatic heterocycles. The maximum Gasteiger partial charge on any atom is 0.388 e. The molecule has 13 heavy (non-hydrogen) atoms. The van der Waals surface area contributed by atoms with Gasteiger partial charge in [0.05, 0.1) is 0 Å². The van der Waals surface area contributed by atoms with Gasteiger partial charge in [0, 0.05) is 20.3 Å². The molecule has 0 spiro atoms. The third-order valence-corrected chi connectivity index (χ3v) is 3.49. The molecule has 1 rings (SSSR count). The lowest BCUT2D eigenvalue weighted by atomic mass is 10.2. The Kier molecular flexibility index (Phi) is 4.15. The molecule has 0 saturated heterocycles. The van der Waals surface area contributed by atoms with Crippen molar-refractivity contribution in [1.82, 2.24) is 0 Å². The highest BCUT2D eigenvalue weighted by atomic mass is 28.3. The SMILES string of the molecule is CO[Si](Cc1cccc(C)c1)OC. The molecule has 1 aromatic rings. The first-order valence-corrected chi connectivity index (χ1v) is 5.78. The summed E-state index contributed by atoms with van der Waals surface area (Å²) >= 11 is 0. The van der Waals surface area contributed by atoms with E-state index in [0.29, 0.717) is 0 Å². The van der Waals surface area contributed by atoms with Crippen molar-refractivity contribution in [2.75, 3.05) is 14.2 Å². The third kappa shape index (κ3) is 3.30. The van der Waals surface area contributed by atoms with E-state index in [0.717, 1.165) is 6.04 Å². The number of aryl methyl sites for hydroxylation is 1. The normalized spacial score (nSPS) is 10.8. The number of hydrogen-bond acceptors (Lipinski definition) is 2. The quantitative estimate of drug-likeness (QED) is 0.683. The maximum absolute atomic E-state index is 5.22. The zero-order valence-corrected chi connectivity index (χ0v) is 9.33. The predicted octanol–water partition coefficient (Wildman–Crippen LogP) is 1.86. The van der Waals surface area contributed by atoms with Crippen LogP contribution in [-0.2, 0) is 14.9 Å². The molecule has 0 saturated carbocycles. The van der Waals surface area contributed by atoms with Crippen LogP contribution in [0.5, 0.6) is 0 Å². The lowest BCUT2D eigenvalue weighted by Crippen LogP contribution is -2.22. The van der Waals surface area contributed by atoms with E-state index < -0.39 is 9.28 Å². The van der Waals surface area contributed by atoms with Crippen LogP contribution < -0.4 is 0 Å². The zero-order valence-electron chi connectivity index (χ0n) is 8.33. The van der Waals surface area contributed by atoms with Gasteiger partial charge in [-0.15, -0.1) is 0 Å².